The van der Waals surface area contributed by atoms with Gasteiger partial charge in [-0.3, -0.25) is 9.80 Å². The van der Waals surface area contributed by atoms with Gasteiger partial charge in [0.2, 0.25) is 0 Å². The number of rotatable bonds is 8. The lowest BCUT2D eigenvalue weighted by molar-refractivity contribution is -0.138. The molecule has 0 saturated carbocycles. The van der Waals surface area contributed by atoms with Crippen molar-refractivity contribution in [2.75, 3.05) is 38.7 Å². The first-order valence-electron chi connectivity index (χ1n) is 8.88. The molecule has 1 atom stereocenters. The number of carbonyl (C=O) groups excluding carboxylic acids is 1. The molecule has 1 amide bonds. The summed E-state index contributed by atoms with van der Waals surface area (Å²) >= 11 is 0. The summed E-state index contributed by atoms with van der Waals surface area (Å²) in [5.74, 6) is -0.835. The molecule has 7 nitrogen and oxygen atoms in total. The van der Waals surface area contributed by atoms with E-state index in [0.717, 1.165) is 6.54 Å². The van der Waals surface area contributed by atoms with Crippen LogP contribution in [0.2, 0.25) is 0 Å². The van der Waals surface area contributed by atoms with Gasteiger partial charge in [-0.1, -0.05) is 32.0 Å². The van der Waals surface area contributed by atoms with Crippen LogP contribution in [0.4, 0.5) is 5.69 Å². The molecule has 0 fully saturated rings. The van der Waals surface area contributed by atoms with Gasteiger partial charge in [-0.15, -0.1) is 0 Å². The summed E-state index contributed by atoms with van der Waals surface area (Å²) in [6.45, 7) is 6.07. The minimum Gasteiger partial charge on any atom is -0.480 e. The van der Waals surface area contributed by atoms with Gasteiger partial charge in [0, 0.05) is 26.1 Å². The molecule has 1 aliphatic heterocycles. The Bertz CT molecular complexity index is 658. The molecular formula is C19H28N4O3. The van der Waals surface area contributed by atoms with Crippen molar-refractivity contribution in [1.29, 1.82) is 0 Å². The monoisotopic (exact) mass is 360 g/mol. The molecule has 26 heavy (non-hydrogen) atoms. The fourth-order valence-corrected chi connectivity index (χ4v) is 2.87. The second kappa shape index (κ2) is 8.80. The van der Waals surface area contributed by atoms with Gasteiger partial charge in [0.05, 0.1) is 5.69 Å². The third-order valence-electron chi connectivity index (χ3n) is 4.15. The standard InChI is InChI=1S/C19H28N4O3/c1-14(2)13-22(11-10-21(3)4)18(24)16-12-17(19(25)26)23(20-16)15-8-6-5-7-9-15/h5-9,14,17H,10-13H2,1-4H3,(H,25,26). The highest BCUT2D eigenvalue weighted by Crippen LogP contribution is 2.25. The molecule has 1 aromatic rings. The molecule has 0 aliphatic carbocycles. The number of aliphatic carboxylic acids is 1. The van der Waals surface area contributed by atoms with E-state index in [1.54, 1.807) is 17.0 Å². The maximum Gasteiger partial charge on any atom is 0.328 e. The molecular weight excluding hydrogens is 332 g/mol. The predicted octanol–water partition coefficient (Wildman–Crippen LogP) is 1.75. The molecule has 0 saturated heterocycles. The number of hydrogen-bond donors (Lipinski definition) is 1. The lowest BCUT2D eigenvalue weighted by Gasteiger charge is -2.26. The normalized spacial score (nSPS) is 16.9. The van der Waals surface area contributed by atoms with Crippen LogP contribution in [0, 0.1) is 5.92 Å². The average molecular weight is 360 g/mol. The summed E-state index contributed by atoms with van der Waals surface area (Å²) in [6, 6.07) is 8.25. The summed E-state index contributed by atoms with van der Waals surface area (Å²) in [5.41, 5.74) is 0.979. The Kier molecular flexibility index (Phi) is 6.74. The number of amides is 1. The van der Waals surface area contributed by atoms with E-state index in [9.17, 15) is 14.7 Å². The maximum atomic E-state index is 13.0. The van der Waals surface area contributed by atoms with Crippen LogP contribution in [-0.4, -0.2) is 72.3 Å². The van der Waals surface area contributed by atoms with Crippen molar-refractivity contribution in [1.82, 2.24) is 9.80 Å². The Balaban J connectivity index is 2.23. The van der Waals surface area contributed by atoms with Gasteiger partial charge in [0.25, 0.3) is 5.91 Å². The second-order valence-electron chi connectivity index (χ2n) is 7.23. The highest BCUT2D eigenvalue weighted by molar-refractivity contribution is 6.40. The Morgan fingerprint density at radius 1 is 1.23 bits per heavy atom. The third kappa shape index (κ3) is 5.05. The van der Waals surface area contributed by atoms with E-state index < -0.39 is 12.0 Å². The zero-order valence-electron chi connectivity index (χ0n) is 15.9. The predicted molar refractivity (Wildman–Crippen MR) is 102 cm³/mol. The molecule has 0 bridgehead atoms. The van der Waals surface area contributed by atoms with Crippen molar-refractivity contribution >= 4 is 23.3 Å². The summed E-state index contributed by atoms with van der Waals surface area (Å²) in [6.07, 6.45) is 0.111. The van der Waals surface area contributed by atoms with Gasteiger partial charge < -0.3 is 14.9 Å². The van der Waals surface area contributed by atoms with Crippen LogP contribution in [0.25, 0.3) is 0 Å². The topological polar surface area (TPSA) is 76.5 Å². The largest absolute Gasteiger partial charge is 0.480 e. The van der Waals surface area contributed by atoms with Crippen LogP contribution in [0.1, 0.15) is 20.3 Å². The first-order chi connectivity index (χ1) is 12.3. The number of benzene rings is 1. The summed E-state index contributed by atoms with van der Waals surface area (Å²) in [7, 11) is 3.92. The number of hydrogen-bond acceptors (Lipinski definition) is 5. The van der Waals surface area contributed by atoms with E-state index >= 15 is 0 Å². The van der Waals surface area contributed by atoms with E-state index in [2.05, 4.69) is 18.9 Å². The molecule has 0 radical (unpaired) electrons. The molecule has 7 heteroatoms. The molecule has 1 unspecified atom stereocenters. The molecule has 1 aliphatic rings. The molecule has 142 valence electrons. The molecule has 2 rings (SSSR count). The van der Waals surface area contributed by atoms with Crippen LogP contribution in [0.5, 0.6) is 0 Å². The van der Waals surface area contributed by atoms with E-state index in [0.29, 0.717) is 30.4 Å². The molecule has 0 aromatic heterocycles. The molecule has 1 N–H and O–H groups in total. The Morgan fingerprint density at radius 3 is 2.42 bits per heavy atom. The van der Waals surface area contributed by atoms with Crippen LogP contribution in [0.15, 0.2) is 35.4 Å². The minimum atomic E-state index is -0.982. The number of likely N-dealkylation sites (N-methyl/N-ethyl adjacent to an activating group) is 1. The van der Waals surface area contributed by atoms with Gasteiger partial charge in [-0.2, -0.15) is 5.10 Å². The Morgan fingerprint density at radius 2 is 1.88 bits per heavy atom. The van der Waals surface area contributed by atoms with Crippen molar-refractivity contribution < 1.29 is 14.7 Å². The highest BCUT2D eigenvalue weighted by atomic mass is 16.4. The summed E-state index contributed by atoms with van der Waals surface area (Å²) < 4.78 is 0. The second-order valence-corrected chi connectivity index (χ2v) is 7.23. The van der Waals surface area contributed by atoms with Crippen molar-refractivity contribution in [2.24, 2.45) is 11.0 Å². The number of para-hydroxylation sites is 1. The first kappa shape index (κ1) is 19.9. The number of carbonyl (C=O) groups is 2. The quantitative estimate of drug-likeness (QED) is 0.764. The van der Waals surface area contributed by atoms with Gasteiger partial charge in [-0.25, -0.2) is 4.79 Å². The van der Waals surface area contributed by atoms with Gasteiger partial charge in [0.15, 0.2) is 6.04 Å². The summed E-state index contributed by atoms with van der Waals surface area (Å²) in [4.78, 5) is 28.5. The van der Waals surface area contributed by atoms with E-state index in [1.807, 2.05) is 37.2 Å². The fraction of sp³-hybridized carbons (Fsp3) is 0.526. The molecule has 0 spiro atoms. The number of hydrazone groups is 1. The lowest BCUT2D eigenvalue weighted by atomic mass is 10.1. The Hall–Kier alpha value is -2.41. The minimum absolute atomic E-state index is 0.111. The van der Waals surface area contributed by atoms with Gasteiger partial charge in [0.1, 0.15) is 5.71 Å². The SMILES string of the molecule is CC(C)CN(CCN(C)C)C(=O)C1=NN(c2ccccc2)C(C(=O)O)C1. The van der Waals surface area contributed by atoms with Gasteiger partial charge in [-0.05, 0) is 32.1 Å². The summed E-state index contributed by atoms with van der Waals surface area (Å²) in [5, 5.41) is 15.4. The van der Waals surface area contributed by atoms with Crippen LogP contribution in [-0.2, 0) is 9.59 Å². The maximum absolute atomic E-state index is 13.0. The number of anilines is 1. The lowest BCUT2D eigenvalue weighted by Crippen LogP contribution is -2.42. The van der Waals surface area contributed by atoms with E-state index in [1.165, 1.54) is 5.01 Å². The van der Waals surface area contributed by atoms with E-state index in [-0.39, 0.29) is 12.3 Å². The number of nitrogens with zero attached hydrogens (tertiary/aromatic N) is 4. The van der Waals surface area contributed by atoms with Crippen LogP contribution >= 0.6 is 0 Å². The number of carboxylic acids is 1. The van der Waals surface area contributed by atoms with Crippen molar-refractivity contribution in [3.05, 3.63) is 30.3 Å². The first-order valence-corrected chi connectivity index (χ1v) is 8.88. The van der Waals surface area contributed by atoms with Crippen molar-refractivity contribution in [3.8, 4) is 0 Å². The van der Waals surface area contributed by atoms with Crippen molar-refractivity contribution in [2.45, 2.75) is 26.3 Å². The van der Waals surface area contributed by atoms with Crippen molar-refractivity contribution in [3.63, 3.8) is 0 Å². The smallest absolute Gasteiger partial charge is 0.328 e. The third-order valence-corrected chi connectivity index (χ3v) is 4.15. The fourth-order valence-electron chi connectivity index (χ4n) is 2.87. The number of carboxylic acid groups (broad SMARTS) is 1. The zero-order valence-corrected chi connectivity index (χ0v) is 15.9. The highest BCUT2D eigenvalue weighted by Gasteiger charge is 2.37. The molecule has 1 heterocycles. The average Bonchev–Trinajstić information content (AvgIpc) is 3.04. The van der Waals surface area contributed by atoms with Crippen LogP contribution < -0.4 is 5.01 Å². The zero-order chi connectivity index (χ0) is 19.3. The molecule has 1 aromatic carbocycles. The Labute approximate surface area is 154 Å². The van der Waals surface area contributed by atoms with Crippen LogP contribution in [0.3, 0.4) is 0 Å². The van der Waals surface area contributed by atoms with E-state index in [4.69, 9.17) is 0 Å². The van der Waals surface area contributed by atoms with Gasteiger partial charge >= 0.3 is 5.97 Å².